The van der Waals surface area contributed by atoms with Crippen LogP contribution in [0.2, 0.25) is 0 Å². The zero-order chi connectivity index (χ0) is 15.9. The van der Waals surface area contributed by atoms with Gasteiger partial charge in [-0.05, 0) is 32.1 Å². The molecule has 0 bridgehead atoms. The lowest BCUT2D eigenvalue weighted by Crippen LogP contribution is -2.38. The van der Waals surface area contributed by atoms with E-state index >= 15 is 0 Å². The number of nitrogens with one attached hydrogen (secondary N) is 1. The summed E-state index contributed by atoms with van der Waals surface area (Å²) in [5, 5.41) is 3.25. The Kier molecular flexibility index (Phi) is 19.0. The average Bonchev–Trinajstić information content (AvgIpc) is 2.41. The maximum absolute atomic E-state index is 5.88. The number of hydrogen-bond donors (Lipinski definition) is 2. The van der Waals surface area contributed by atoms with Crippen LogP contribution in [-0.2, 0) is 9.47 Å². The van der Waals surface area contributed by atoms with Gasteiger partial charge in [-0.1, -0.05) is 26.7 Å². The number of methoxy groups -OCH3 is 1. The molecule has 1 unspecified atom stereocenters. The molecule has 1 atom stereocenters. The van der Waals surface area contributed by atoms with Crippen LogP contribution in [-0.4, -0.2) is 45.5 Å². The van der Waals surface area contributed by atoms with E-state index in [2.05, 4.69) is 31.1 Å². The standard InChI is InChI=1S/C16H35N3O2.HI/c1-14(2)8-7-9-15(3)19-16(17)18-10-5-6-11-21-13-12-20-4;/h14-15H,5-13H2,1-4H3,(H3,17,18,19);1H. The highest BCUT2D eigenvalue weighted by Crippen LogP contribution is 2.07. The highest BCUT2D eigenvalue weighted by molar-refractivity contribution is 14.0. The van der Waals surface area contributed by atoms with Crippen molar-refractivity contribution in [2.75, 3.05) is 33.5 Å². The smallest absolute Gasteiger partial charge is 0.188 e. The number of hydrogen-bond acceptors (Lipinski definition) is 3. The maximum Gasteiger partial charge on any atom is 0.188 e. The molecule has 0 radical (unpaired) electrons. The van der Waals surface area contributed by atoms with E-state index in [0.717, 1.165) is 38.3 Å². The van der Waals surface area contributed by atoms with Gasteiger partial charge in [0.25, 0.3) is 0 Å². The molecule has 134 valence electrons. The summed E-state index contributed by atoms with van der Waals surface area (Å²) in [6.07, 6.45) is 5.65. The number of guanidine groups is 1. The normalized spacial score (nSPS) is 13.0. The summed E-state index contributed by atoms with van der Waals surface area (Å²) in [7, 11) is 1.68. The third-order valence-corrected chi connectivity index (χ3v) is 3.22. The first-order valence-corrected chi connectivity index (χ1v) is 8.19. The molecule has 0 aromatic carbocycles. The van der Waals surface area contributed by atoms with Crippen LogP contribution in [0.3, 0.4) is 0 Å². The zero-order valence-corrected chi connectivity index (χ0v) is 17.1. The Balaban J connectivity index is 0. The lowest BCUT2D eigenvalue weighted by molar-refractivity contribution is 0.0690. The molecule has 0 aliphatic heterocycles. The fourth-order valence-corrected chi connectivity index (χ4v) is 1.96. The van der Waals surface area contributed by atoms with Crippen LogP contribution in [0.1, 0.15) is 52.9 Å². The number of nitrogens with zero attached hydrogens (tertiary/aromatic N) is 1. The number of ether oxygens (including phenoxy) is 2. The summed E-state index contributed by atoms with van der Waals surface area (Å²) in [5.74, 6) is 1.33. The molecule has 0 aromatic rings. The SMILES string of the molecule is COCCOCCCCN=C(N)NC(C)CCCC(C)C.I. The van der Waals surface area contributed by atoms with Crippen molar-refractivity contribution >= 4 is 29.9 Å². The summed E-state index contributed by atoms with van der Waals surface area (Å²) in [4.78, 5) is 4.34. The van der Waals surface area contributed by atoms with Gasteiger partial charge in [-0.2, -0.15) is 0 Å². The van der Waals surface area contributed by atoms with Crippen molar-refractivity contribution in [1.82, 2.24) is 5.32 Å². The molecule has 22 heavy (non-hydrogen) atoms. The molecule has 0 rings (SSSR count). The quantitative estimate of drug-likeness (QED) is 0.204. The first kappa shape index (κ1) is 24.2. The van der Waals surface area contributed by atoms with E-state index in [1.165, 1.54) is 12.8 Å². The van der Waals surface area contributed by atoms with E-state index in [1.54, 1.807) is 7.11 Å². The van der Waals surface area contributed by atoms with Crippen LogP contribution < -0.4 is 11.1 Å². The molecule has 0 fully saturated rings. The van der Waals surface area contributed by atoms with Gasteiger partial charge in [0.2, 0.25) is 0 Å². The van der Waals surface area contributed by atoms with Crippen molar-refractivity contribution in [3.8, 4) is 0 Å². The van der Waals surface area contributed by atoms with Gasteiger partial charge in [0, 0.05) is 26.3 Å². The van der Waals surface area contributed by atoms with Crippen LogP contribution in [0.5, 0.6) is 0 Å². The van der Waals surface area contributed by atoms with Crippen LogP contribution in [0, 0.1) is 5.92 Å². The molecular formula is C16H36IN3O2. The number of nitrogens with two attached hydrogens (primary N) is 1. The van der Waals surface area contributed by atoms with Gasteiger partial charge in [-0.25, -0.2) is 0 Å². The molecule has 0 saturated carbocycles. The van der Waals surface area contributed by atoms with Crippen molar-refractivity contribution in [3.05, 3.63) is 0 Å². The second-order valence-corrected chi connectivity index (χ2v) is 5.95. The Labute approximate surface area is 153 Å². The van der Waals surface area contributed by atoms with E-state index in [1.807, 2.05) is 0 Å². The zero-order valence-electron chi connectivity index (χ0n) is 14.8. The van der Waals surface area contributed by atoms with Crippen molar-refractivity contribution in [2.45, 2.75) is 58.9 Å². The Morgan fingerprint density at radius 1 is 1.05 bits per heavy atom. The second kappa shape index (κ2) is 17.3. The van der Waals surface area contributed by atoms with E-state index in [9.17, 15) is 0 Å². The minimum absolute atomic E-state index is 0. The molecule has 0 amide bonds. The molecule has 0 spiro atoms. The molecule has 6 heteroatoms. The van der Waals surface area contributed by atoms with Gasteiger partial charge < -0.3 is 20.5 Å². The van der Waals surface area contributed by atoms with Crippen LogP contribution in [0.15, 0.2) is 4.99 Å². The van der Waals surface area contributed by atoms with E-state index in [-0.39, 0.29) is 24.0 Å². The molecule has 0 aliphatic carbocycles. The Hall–Kier alpha value is -0.0800. The highest BCUT2D eigenvalue weighted by atomic mass is 127. The van der Waals surface area contributed by atoms with E-state index < -0.39 is 0 Å². The predicted octanol–water partition coefficient (Wildman–Crippen LogP) is 3.17. The van der Waals surface area contributed by atoms with Gasteiger partial charge in [0.1, 0.15) is 0 Å². The van der Waals surface area contributed by atoms with Gasteiger partial charge in [-0.15, -0.1) is 24.0 Å². The minimum Gasteiger partial charge on any atom is -0.382 e. The molecule has 0 saturated heterocycles. The molecule has 0 aromatic heterocycles. The topological polar surface area (TPSA) is 68.9 Å². The number of rotatable bonds is 13. The predicted molar refractivity (Wildman–Crippen MR) is 105 cm³/mol. The summed E-state index contributed by atoms with van der Waals surface area (Å²) < 4.78 is 10.3. The number of halogens is 1. The molecule has 5 nitrogen and oxygen atoms in total. The number of unbranched alkanes of at least 4 members (excludes halogenated alkanes) is 1. The van der Waals surface area contributed by atoms with E-state index in [4.69, 9.17) is 15.2 Å². The molecule has 0 heterocycles. The van der Waals surface area contributed by atoms with E-state index in [0.29, 0.717) is 25.2 Å². The fourth-order valence-electron chi connectivity index (χ4n) is 1.96. The third kappa shape index (κ3) is 18.0. The van der Waals surface area contributed by atoms with Crippen LogP contribution in [0.25, 0.3) is 0 Å². The van der Waals surface area contributed by atoms with Gasteiger partial charge >= 0.3 is 0 Å². The Bertz CT molecular complexity index is 264. The number of aliphatic imine (C=N–C) groups is 1. The highest BCUT2D eigenvalue weighted by Gasteiger charge is 2.03. The monoisotopic (exact) mass is 429 g/mol. The van der Waals surface area contributed by atoms with Crippen LogP contribution in [0.4, 0.5) is 0 Å². The largest absolute Gasteiger partial charge is 0.382 e. The van der Waals surface area contributed by atoms with Crippen molar-refractivity contribution in [2.24, 2.45) is 16.6 Å². The summed E-state index contributed by atoms with van der Waals surface area (Å²) in [5.41, 5.74) is 5.88. The average molecular weight is 429 g/mol. The summed E-state index contributed by atoms with van der Waals surface area (Å²) in [6.45, 7) is 9.51. The van der Waals surface area contributed by atoms with Crippen molar-refractivity contribution < 1.29 is 9.47 Å². The second-order valence-electron chi connectivity index (χ2n) is 5.95. The lowest BCUT2D eigenvalue weighted by Gasteiger charge is -2.15. The molecular weight excluding hydrogens is 393 g/mol. The minimum atomic E-state index is 0. The van der Waals surface area contributed by atoms with Crippen molar-refractivity contribution in [1.29, 1.82) is 0 Å². The van der Waals surface area contributed by atoms with Gasteiger partial charge in [0.15, 0.2) is 5.96 Å². The van der Waals surface area contributed by atoms with Gasteiger partial charge in [-0.3, -0.25) is 4.99 Å². The third-order valence-electron chi connectivity index (χ3n) is 3.22. The van der Waals surface area contributed by atoms with Crippen LogP contribution >= 0.6 is 24.0 Å². The Morgan fingerprint density at radius 3 is 2.41 bits per heavy atom. The first-order chi connectivity index (χ1) is 10.1. The summed E-state index contributed by atoms with van der Waals surface area (Å²) >= 11 is 0. The lowest BCUT2D eigenvalue weighted by atomic mass is 10.0. The molecule has 0 aliphatic rings. The van der Waals surface area contributed by atoms with Crippen molar-refractivity contribution in [3.63, 3.8) is 0 Å². The van der Waals surface area contributed by atoms with Gasteiger partial charge in [0.05, 0.1) is 13.2 Å². The first-order valence-electron chi connectivity index (χ1n) is 8.19. The summed E-state index contributed by atoms with van der Waals surface area (Å²) in [6, 6.07) is 0.393. The Morgan fingerprint density at radius 2 is 1.77 bits per heavy atom. The molecule has 3 N–H and O–H groups in total. The maximum atomic E-state index is 5.88. The fraction of sp³-hybridized carbons (Fsp3) is 0.938.